The van der Waals surface area contributed by atoms with Crippen LogP contribution in [0.2, 0.25) is 0 Å². The summed E-state index contributed by atoms with van der Waals surface area (Å²) in [6, 6.07) is 4.55. The van der Waals surface area contributed by atoms with Gasteiger partial charge in [-0.15, -0.1) is 0 Å². The molecule has 1 aromatic carbocycles. The number of benzene rings is 1. The molecule has 0 aromatic heterocycles. The van der Waals surface area contributed by atoms with Crippen LogP contribution in [0, 0.1) is 5.82 Å². The fraction of sp³-hybridized carbons (Fsp3) is 0.400. The van der Waals surface area contributed by atoms with E-state index in [0.717, 1.165) is 12.1 Å². The zero-order valence-electron chi connectivity index (χ0n) is 7.98. The molecule has 84 valence electrons. The third-order valence-electron chi connectivity index (χ3n) is 2.07. The van der Waals surface area contributed by atoms with Crippen LogP contribution in [0.15, 0.2) is 24.3 Å². The lowest BCUT2D eigenvalue weighted by Gasteiger charge is -2.26. The molecule has 0 spiro atoms. The van der Waals surface area contributed by atoms with Crippen LogP contribution in [0.25, 0.3) is 0 Å². The Morgan fingerprint density at radius 1 is 1.13 bits per heavy atom. The summed E-state index contributed by atoms with van der Waals surface area (Å²) < 4.78 is 49.3. The van der Waals surface area contributed by atoms with Gasteiger partial charge in [0.15, 0.2) is 5.60 Å². The van der Waals surface area contributed by atoms with Crippen LogP contribution in [0.1, 0.15) is 12.5 Å². The van der Waals surface area contributed by atoms with E-state index >= 15 is 0 Å². The van der Waals surface area contributed by atoms with Crippen LogP contribution in [0.4, 0.5) is 17.6 Å². The fourth-order valence-corrected chi connectivity index (χ4v) is 1.10. The molecule has 0 amide bonds. The minimum absolute atomic E-state index is 0.235. The number of aliphatic hydroxyl groups is 1. The first kappa shape index (κ1) is 12.0. The molecule has 1 N–H and O–H groups in total. The Hall–Kier alpha value is -1.10. The van der Waals surface area contributed by atoms with E-state index in [1.165, 1.54) is 12.1 Å². The normalized spacial score (nSPS) is 16.1. The van der Waals surface area contributed by atoms with E-state index in [4.69, 9.17) is 5.11 Å². The summed E-state index contributed by atoms with van der Waals surface area (Å²) in [5.41, 5.74) is -2.55. The van der Waals surface area contributed by atoms with E-state index in [-0.39, 0.29) is 5.56 Å². The van der Waals surface area contributed by atoms with Crippen molar-refractivity contribution in [2.75, 3.05) is 0 Å². The number of hydrogen-bond acceptors (Lipinski definition) is 1. The van der Waals surface area contributed by atoms with Gasteiger partial charge in [-0.3, -0.25) is 0 Å². The van der Waals surface area contributed by atoms with Crippen molar-refractivity contribution in [3.05, 3.63) is 35.6 Å². The molecule has 0 radical (unpaired) electrons. The highest BCUT2D eigenvalue weighted by Crippen LogP contribution is 2.32. The molecule has 1 aromatic rings. The van der Waals surface area contributed by atoms with E-state index in [1.807, 2.05) is 0 Å². The number of rotatable bonds is 2. The molecule has 5 heteroatoms. The van der Waals surface area contributed by atoms with Crippen molar-refractivity contribution in [2.45, 2.75) is 25.1 Å². The predicted molar refractivity (Wildman–Crippen MR) is 46.8 cm³/mol. The van der Waals surface area contributed by atoms with Crippen LogP contribution in [-0.2, 0) is 6.42 Å². The molecule has 1 rings (SSSR count). The first-order chi connectivity index (χ1) is 6.72. The summed E-state index contributed by atoms with van der Waals surface area (Å²) >= 11 is 0. The molecule has 1 unspecified atom stereocenters. The molecule has 0 fully saturated rings. The SMILES string of the molecule is CC(O)(Cc1ccc(F)cc1)C(F)(F)F. The maximum atomic E-state index is 12.5. The summed E-state index contributed by atoms with van der Waals surface area (Å²) in [5.74, 6) is -0.523. The van der Waals surface area contributed by atoms with Crippen molar-refractivity contribution in [3.63, 3.8) is 0 Å². The minimum atomic E-state index is -4.69. The number of alkyl halides is 3. The maximum absolute atomic E-state index is 12.5. The average molecular weight is 222 g/mol. The molecular weight excluding hydrogens is 212 g/mol. The second kappa shape index (κ2) is 3.81. The first-order valence-corrected chi connectivity index (χ1v) is 4.26. The summed E-state index contributed by atoms with van der Waals surface area (Å²) in [7, 11) is 0. The van der Waals surface area contributed by atoms with Gasteiger partial charge < -0.3 is 5.11 Å². The summed E-state index contributed by atoms with van der Waals surface area (Å²) in [4.78, 5) is 0. The van der Waals surface area contributed by atoms with Gasteiger partial charge in [0, 0.05) is 6.42 Å². The molecule has 1 atom stereocenters. The van der Waals surface area contributed by atoms with E-state index in [2.05, 4.69) is 0 Å². The molecule has 15 heavy (non-hydrogen) atoms. The third-order valence-corrected chi connectivity index (χ3v) is 2.07. The summed E-state index contributed by atoms with van der Waals surface area (Å²) in [6.07, 6.45) is -5.28. The zero-order chi connectivity index (χ0) is 11.7. The lowest BCUT2D eigenvalue weighted by Crippen LogP contribution is -2.44. The minimum Gasteiger partial charge on any atom is -0.380 e. The monoisotopic (exact) mass is 222 g/mol. The fourth-order valence-electron chi connectivity index (χ4n) is 1.10. The Morgan fingerprint density at radius 3 is 2.00 bits per heavy atom. The highest BCUT2D eigenvalue weighted by Gasteiger charge is 2.49. The van der Waals surface area contributed by atoms with Crippen molar-refractivity contribution in [1.29, 1.82) is 0 Å². The van der Waals surface area contributed by atoms with Crippen molar-refractivity contribution in [3.8, 4) is 0 Å². The molecule has 0 aliphatic carbocycles. The average Bonchev–Trinajstić information content (AvgIpc) is 2.06. The highest BCUT2D eigenvalue weighted by molar-refractivity contribution is 5.18. The smallest absolute Gasteiger partial charge is 0.380 e. The molecule has 0 saturated heterocycles. The topological polar surface area (TPSA) is 20.2 Å². The van der Waals surface area contributed by atoms with Crippen molar-refractivity contribution in [2.24, 2.45) is 0 Å². The van der Waals surface area contributed by atoms with Crippen molar-refractivity contribution >= 4 is 0 Å². The highest BCUT2D eigenvalue weighted by atomic mass is 19.4. The zero-order valence-corrected chi connectivity index (χ0v) is 7.98. The van der Waals surface area contributed by atoms with Gasteiger partial charge in [-0.2, -0.15) is 13.2 Å². The van der Waals surface area contributed by atoms with Gasteiger partial charge in [0.2, 0.25) is 0 Å². The maximum Gasteiger partial charge on any atom is 0.417 e. The van der Waals surface area contributed by atoms with E-state index in [9.17, 15) is 17.6 Å². The quantitative estimate of drug-likeness (QED) is 0.763. The lowest BCUT2D eigenvalue weighted by molar-refractivity contribution is -0.252. The molecule has 1 nitrogen and oxygen atoms in total. The van der Waals surface area contributed by atoms with Crippen LogP contribution in [0.5, 0.6) is 0 Å². The van der Waals surface area contributed by atoms with Crippen molar-refractivity contribution in [1.82, 2.24) is 0 Å². The Kier molecular flexibility index (Phi) is 3.04. The summed E-state index contributed by atoms with van der Waals surface area (Å²) in [5, 5.41) is 9.15. The van der Waals surface area contributed by atoms with E-state index in [1.54, 1.807) is 0 Å². The number of hydrogen-bond donors (Lipinski definition) is 1. The standard InChI is InChI=1S/C10H10F4O/c1-9(15,10(12,13)14)6-7-2-4-8(11)5-3-7/h2-5,15H,6H2,1H3. The number of halogens is 4. The summed E-state index contributed by atoms with van der Waals surface area (Å²) in [6.45, 7) is 0.691. The Balaban J connectivity index is 2.82. The molecule has 0 saturated carbocycles. The predicted octanol–water partition coefficient (Wildman–Crippen LogP) is 2.68. The third kappa shape index (κ3) is 2.92. The molecule has 0 aliphatic heterocycles. The molecule has 0 heterocycles. The molecule has 0 aliphatic rings. The Labute approximate surface area is 84.3 Å². The van der Waals surface area contributed by atoms with Gasteiger partial charge in [0.25, 0.3) is 0 Å². The molecule has 0 bridgehead atoms. The second-order valence-electron chi connectivity index (χ2n) is 3.57. The van der Waals surface area contributed by atoms with Crippen molar-refractivity contribution < 1.29 is 22.7 Å². The van der Waals surface area contributed by atoms with Gasteiger partial charge in [-0.25, -0.2) is 4.39 Å². The second-order valence-corrected chi connectivity index (χ2v) is 3.57. The first-order valence-electron chi connectivity index (χ1n) is 4.26. The largest absolute Gasteiger partial charge is 0.417 e. The Bertz CT molecular complexity index is 326. The van der Waals surface area contributed by atoms with E-state index < -0.39 is 24.0 Å². The van der Waals surface area contributed by atoms with Gasteiger partial charge in [-0.05, 0) is 24.6 Å². The van der Waals surface area contributed by atoms with Crippen LogP contribution >= 0.6 is 0 Å². The van der Waals surface area contributed by atoms with Crippen LogP contribution in [-0.4, -0.2) is 16.9 Å². The van der Waals surface area contributed by atoms with Crippen LogP contribution < -0.4 is 0 Å². The Morgan fingerprint density at radius 2 is 1.60 bits per heavy atom. The van der Waals surface area contributed by atoms with Gasteiger partial charge in [-0.1, -0.05) is 12.1 Å². The lowest BCUT2D eigenvalue weighted by atomic mass is 9.96. The van der Waals surface area contributed by atoms with Gasteiger partial charge in [0.05, 0.1) is 0 Å². The molecular formula is C10H10F4O. The van der Waals surface area contributed by atoms with E-state index in [0.29, 0.717) is 6.92 Å². The van der Waals surface area contributed by atoms with Gasteiger partial charge in [0.1, 0.15) is 5.82 Å². The van der Waals surface area contributed by atoms with Crippen LogP contribution in [0.3, 0.4) is 0 Å². The van der Waals surface area contributed by atoms with Gasteiger partial charge >= 0.3 is 6.18 Å².